The molecule has 1 aromatic carbocycles. The largest absolute Gasteiger partial charge is 0.492 e. The molecule has 0 amide bonds. The molecule has 0 aliphatic heterocycles. The van der Waals surface area contributed by atoms with Gasteiger partial charge in [-0.25, -0.2) is 8.78 Å². The van der Waals surface area contributed by atoms with E-state index in [-0.39, 0.29) is 5.75 Å². The first-order chi connectivity index (χ1) is 7.84. The number of hydrogen-bond acceptors (Lipinski definition) is 2. The van der Waals surface area contributed by atoms with Crippen LogP contribution in [0.1, 0.15) is 0 Å². The van der Waals surface area contributed by atoms with E-state index in [0.717, 1.165) is 18.2 Å². The Bertz CT molecular complexity index is 437. The summed E-state index contributed by atoms with van der Waals surface area (Å²) in [6, 6.07) is 3.33. The molecule has 1 unspecified atom stereocenters. The van der Waals surface area contributed by atoms with Crippen molar-refractivity contribution in [2.45, 2.75) is 6.18 Å². The van der Waals surface area contributed by atoms with E-state index in [1.807, 2.05) is 0 Å². The Morgan fingerprint density at radius 3 is 2.35 bits per heavy atom. The Labute approximate surface area is 93.2 Å². The normalized spacial score (nSPS) is 12.9. The Kier molecular flexibility index (Phi) is 3.89. The van der Waals surface area contributed by atoms with Crippen molar-refractivity contribution in [3.8, 4) is 11.8 Å². The average molecular weight is 251 g/mol. The summed E-state index contributed by atoms with van der Waals surface area (Å²) in [7, 11) is 0. The van der Waals surface area contributed by atoms with Crippen LogP contribution in [0, 0.1) is 28.9 Å². The third-order valence-corrected chi connectivity index (χ3v) is 1.86. The van der Waals surface area contributed by atoms with E-state index in [0.29, 0.717) is 6.07 Å². The second kappa shape index (κ2) is 4.99. The molecule has 92 valence electrons. The third kappa shape index (κ3) is 3.59. The van der Waals surface area contributed by atoms with Gasteiger partial charge in [-0.1, -0.05) is 0 Å². The van der Waals surface area contributed by atoms with Crippen molar-refractivity contribution in [3.05, 3.63) is 29.8 Å². The highest BCUT2D eigenvalue weighted by Gasteiger charge is 2.40. The number of benzene rings is 1. The van der Waals surface area contributed by atoms with Gasteiger partial charge in [-0.15, -0.1) is 0 Å². The molecule has 0 saturated heterocycles. The van der Waals surface area contributed by atoms with Crippen molar-refractivity contribution in [1.82, 2.24) is 0 Å². The molecule has 0 aliphatic rings. The minimum atomic E-state index is -4.71. The molecule has 2 nitrogen and oxygen atoms in total. The van der Waals surface area contributed by atoms with Crippen molar-refractivity contribution in [2.75, 3.05) is 6.61 Å². The number of ether oxygens (including phenoxy) is 1. The number of halogens is 5. The first-order valence-electron chi connectivity index (χ1n) is 4.38. The third-order valence-electron chi connectivity index (χ3n) is 1.86. The van der Waals surface area contributed by atoms with Crippen LogP contribution >= 0.6 is 0 Å². The summed E-state index contributed by atoms with van der Waals surface area (Å²) in [5.41, 5.74) is 0. The topological polar surface area (TPSA) is 33.0 Å². The summed E-state index contributed by atoms with van der Waals surface area (Å²) in [6.45, 7) is -0.967. The molecule has 0 aliphatic carbocycles. The average Bonchev–Trinajstić information content (AvgIpc) is 2.22. The van der Waals surface area contributed by atoms with Gasteiger partial charge in [0, 0.05) is 6.07 Å². The van der Waals surface area contributed by atoms with Crippen LogP contribution < -0.4 is 4.74 Å². The summed E-state index contributed by atoms with van der Waals surface area (Å²) in [5, 5.41) is 8.25. The minimum Gasteiger partial charge on any atom is -0.492 e. The first kappa shape index (κ1) is 13.2. The lowest BCUT2D eigenvalue weighted by atomic mass is 10.2. The first-order valence-corrected chi connectivity index (χ1v) is 4.38. The van der Waals surface area contributed by atoms with Crippen molar-refractivity contribution in [3.63, 3.8) is 0 Å². The van der Waals surface area contributed by atoms with Gasteiger partial charge < -0.3 is 4.74 Å². The predicted octanol–water partition coefficient (Wildman–Crippen LogP) is 3.05. The Balaban J connectivity index is 2.67. The van der Waals surface area contributed by atoms with Gasteiger partial charge in [0.25, 0.3) is 0 Å². The van der Waals surface area contributed by atoms with Crippen molar-refractivity contribution < 1.29 is 26.7 Å². The summed E-state index contributed by atoms with van der Waals surface area (Å²) in [4.78, 5) is 0. The number of nitrogens with zero attached hydrogens (tertiary/aromatic N) is 1. The highest BCUT2D eigenvalue weighted by atomic mass is 19.4. The van der Waals surface area contributed by atoms with Gasteiger partial charge >= 0.3 is 6.18 Å². The fourth-order valence-electron chi connectivity index (χ4n) is 0.951. The lowest BCUT2D eigenvalue weighted by Gasteiger charge is -2.14. The van der Waals surface area contributed by atoms with Gasteiger partial charge in [0.2, 0.25) is 0 Å². The summed E-state index contributed by atoms with van der Waals surface area (Å²) in [6.07, 6.45) is -4.71. The molecule has 0 bridgehead atoms. The zero-order valence-corrected chi connectivity index (χ0v) is 8.26. The summed E-state index contributed by atoms with van der Waals surface area (Å²) in [5.74, 6) is -4.95. The van der Waals surface area contributed by atoms with E-state index in [1.54, 1.807) is 0 Å². The number of nitriles is 1. The Morgan fingerprint density at radius 1 is 1.24 bits per heavy atom. The van der Waals surface area contributed by atoms with E-state index < -0.39 is 30.3 Å². The van der Waals surface area contributed by atoms with Gasteiger partial charge in [-0.2, -0.15) is 18.4 Å². The Hall–Kier alpha value is -1.84. The van der Waals surface area contributed by atoms with Crippen molar-refractivity contribution in [1.29, 1.82) is 5.26 Å². The second-order valence-electron chi connectivity index (χ2n) is 3.11. The van der Waals surface area contributed by atoms with Crippen LogP contribution in [0.4, 0.5) is 22.0 Å². The molecule has 1 atom stereocenters. The van der Waals surface area contributed by atoms with Gasteiger partial charge in [-0.05, 0) is 12.1 Å². The minimum absolute atomic E-state index is 0.270. The van der Waals surface area contributed by atoms with Crippen LogP contribution in [-0.2, 0) is 0 Å². The van der Waals surface area contributed by atoms with E-state index in [4.69, 9.17) is 5.26 Å². The lowest BCUT2D eigenvalue weighted by Crippen LogP contribution is -2.27. The molecule has 0 saturated carbocycles. The quantitative estimate of drug-likeness (QED) is 0.773. The number of alkyl halides is 3. The lowest BCUT2D eigenvalue weighted by molar-refractivity contribution is -0.165. The van der Waals surface area contributed by atoms with E-state index in [2.05, 4.69) is 4.74 Å². The number of hydrogen-bond donors (Lipinski definition) is 0. The van der Waals surface area contributed by atoms with Crippen LogP contribution in [0.25, 0.3) is 0 Å². The maximum atomic E-state index is 12.7. The van der Waals surface area contributed by atoms with Gasteiger partial charge in [0.15, 0.2) is 17.6 Å². The van der Waals surface area contributed by atoms with E-state index >= 15 is 0 Å². The predicted molar refractivity (Wildman–Crippen MR) is 47.0 cm³/mol. The highest BCUT2D eigenvalue weighted by Crippen LogP contribution is 2.26. The molecular weight excluding hydrogens is 245 g/mol. The zero-order valence-electron chi connectivity index (χ0n) is 8.26. The van der Waals surface area contributed by atoms with E-state index in [9.17, 15) is 22.0 Å². The fourth-order valence-corrected chi connectivity index (χ4v) is 0.951. The van der Waals surface area contributed by atoms with Gasteiger partial charge in [-0.3, -0.25) is 0 Å². The zero-order chi connectivity index (χ0) is 13.1. The summed E-state index contributed by atoms with van der Waals surface area (Å²) < 4.78 is 66.1. The molecule has 0 heterocycles. The highest BCUT2D eigenvalue weighted by molar-refractivity contribution is 5.23. The van der Waals surface area contributed by atoms with Crippen LogP contribution in [0.5, 0.6) is 5.75 Å². The van der Waals surface area contributed by atoms with Crippen LogP contribution in [0.2, 0.25) is 0 Å². The molecule has 0 aromatic heterocycles. The van der Waals surface area contributed by atoms with Crippen molar-refractivity contribution in [2.24, 2.45) is 5.92 Å². The van der Waals surface area contributed by atoms with Crippen LogP contribution in [-0.4, -0.2) is 12.8 Å². The van der Waals surface area contributed by atoms with Crippen LogP contribution in [0.3, 0.4) is 0 Å². The SMILES string of the molecule is N#CC(COc1ccc(F)c(F)c1)C(F)(F)F. The molecule has 0 spiro atoms. The maximum Gasteiger partial charge on any atom is 0.407 e. The smallest absolute Gasteiger partial charge is 0.407 e. The standard InChI is InChI=1S/C10H6F5NO/c11-8-2-1-7(3-9(8)12)17-5-6(4-16)10(13,14)15/h1-3,6H,5H2. The molecule has 7 heteroatoms. The Morgan fingerprint density at radius 2 is 1.88 bits per heavy atom. The van der Waals surface area contributed by atoms with Gasteiger partial charge in [0.05, 0.1) is 6.07 Å². The molecular formula is C10H6F5NO. The molecule has 1 aromatic rings. The molecule has 0 N–H and O–H groups in total. The fraction of sp³-hybridized carbons (Fsp3) is 0.300. The molecule has 0 fully saturated rings. The van der Waals surface area contributed by atoms with Gasteiger partial charge in [0.1, 0.15) is 12.4 Å². The van der Waals surface area contributed by atoms with E-state index in [1.165, 1.54) is 0 Å². The molecule has 17 heavy (non-hydrogen) atoms. The summed E-state index contributed by atoms with van der Waals surface area (Å²) >= 11 is 0. The molecule has 1 rings (SSSR count). The van der Waals surface area contributed by atoms with Crippen LogP contribution in [0.15, 0.2) is 18.2 Å². The number of rotatable bonds is 3. The maximum absolute atomic E-state index is 12.7. The van der Waals surface area contributed by atoms with Crippen molar-refractivity contribution >= 4 is 0 Å². The monoisotopic (exact) mass is 251 g/mol. The molecule has 0 radical (unpaired) electrons. The second-order valence-corrected chi connectivity index (χ2v) is 3.11.